The van der Waals surface area contributed by atoms with Crippen LogP contribution in [0.2, 0.25) is 0 Å². The van der Waals surface area contributed by atoms with Crippen LogP contribution in [0.25, 0.3) is 33.4 Å². The normalized spacial score (nSPS) is 11.7. The van der Waals surface area contributed by atoms with Gasteiger partial charge in [-0.25, -0.2) is 0 Å². The molecule has 0 saturated heterocycles. The highest BCUT2D eigenvalue weighted by molar-refractivity contribution is 5.88. The second kappa shape index (κ2) is 25.0. The van der Waals surface area contributed by atoms with Crippen LogP contribution in [0.1, 0.15) is 33.4 Å². The maximum absolute atomic E-state index is 15.2. The Labute approximate surface area is 522 Å². The summed E-state index contributed by atoms with van der Waals surface area (Å²) in [5.74, 6) is 0. The highest BCUT2D eigenvalue weighted by atomic mass is 19.4. The summed E-state index contributed by atoms with van der Waals surface area (Å²) in [5, 5.41) is 0. The predicted octanol–water partition coefficient (Wildman–Crippen LogP) is 24.5. The average Bonchev–Trinajstić information content (AvgIpc) is 1.59. The van der Waals surface area contributed by atoms with E-state index in [-0.39, 0.29) is 33.8 Å². The van der Waals surface area contributed by atoms with Gasteiger partial charge in [0.25, 0.3) is 0 Å². The van der Waals surface area contributed by atoms with Gasteiger partial charge in [-0.2, -0.15) is 39.5 Å². The van der Waals surface area contributed by atoms with Crippen LogP contribution in [0, 0.1) is 20.8 Å². The van der Waals surface area contributed by atoms with Crippen molar-refractivity contribution < 1.29 is 39.5 Å². The number of halogens is 9. The summed E-state index contributed by atoms with van der Waals surface area (Å²) in [7, 11) is 0. The molecular formula is C78H57F9N4. The Bertz CT molecular complexity index is 4050. The van der Waals surface area contributed by atoms with Crippen LogP contribution in [0.3, 0.4) is 0 Å². The van der Waals surface area contributed by atoms with E-state index in [1.165, 1.54) is 36.4 Å². The number of para-hydroxylation sites is 3. The van der Waals surface area contributed by atoms with Gasteiger partial charge in [0.2, 0.25) is 0 Å². The number of anilines is 12. The molecule has 0 heterocycles. The number of benzene rings is 12. The van der Waals surface area contributed by atoms with E-state index in [0.717, 1.165) is 0 Å². The number of nitrogens with zero attached hydrogens (tertiary/aromatic N) is 4. The van der Waals surface area contributed by atoms with Crippen molar-refractivity contribution in [2.24, 2.45) is 0 Å². The number of hydrogen-bond acceptors (Lipinski definition) is 4. The summed E-state index contributed by atoms with van der Waals surface area (Å²) < 4.78 is 137. The van der Waals surface area contributed by atoms with Crippen molar-refractivity contribution >= 4 is 68.2 Å². The molecule has 0 spiro atoms. The smallest absolute Gasteiger partial charge is 0.310 e. The Hall–Kier alpha value is -10.8. The molecule has 0 aromatic heterocycles. The molecule has 4 nitrogen and oxygen atoms in total. The van der Waals surface area contributed by atoms with E-state index in [1.54, 1.807) is 126 Å². The summed E-state index contributed by atoms with van der Waals surface area (Å²) in [4.78, 5) is 7.20. The van der Waals surface area contributed by atoms with Crippen LogP contribution in [0.15, 0.2) is 291 Å². The van der Waals surface area contributed by atoms with Gasteiger partial charge in [0.15, 0.2) is 0 Å². The first kappa shape index (κ1) is 60.5. The summed E-state index contributed by atoms with van der Waals surface area (Å²) in [6.07, 6.45) is -14.1. The maximum Gasteiger partial charge on any atom is 0.417 e. The van der Waals surface area contributed by atoms with Gasteiger partial charge in [0.05, 0.1) is 16.7 Å². The number of aryl methyl sites for hydroxylation is 3. The zero-order valence-corrected chi connectivity index (χ0v) is 49.4. The summed E-state index contributed by atoms with van der Waals surface area (Å²) in [6, 6.07) is 83.0. The molecule has 0 saturated carbocycles. The molecule has 452 valence electrons. The Morgan fingerprint density at radius 3 is 0.571 bits per heavy atom. The maximum atomic E-state index is 15.2. The lowest BCUT2D eigenvalue weighted by molar-refractivity contribution is -0.137. The van der Waals surface area contributed by atoms with Gasteiger partial charge in [0.1, 0.15) is 0 Å². The molecule has 0 fully saturated rings. The van der Waals surface area contributed by atoms with E-state index in [1.807, 2.05) is 169 Å². The van der Waals surface area contributed by atoms with Crippen LogP contribution in [-0.2, 0) is 18.5 Å². The Kier molecular flexibility index (Phi) is 16.6. The molecule has 12 rings (SSSR count). The van der Waals surface area contributed by atoms with Crippen LogP contribution >= 0.6 is 0 Å². The fourth-order valence-corrected chi connectivity index (χ4v) is 11.8. The lowest BCUT2D eigenvalue weighted by Gasteiger charge is -2.31. The van der Waals surface area contributed by atoms with E-state index in [2.05, 4.69) is 0 Å². The topological polar surface area (TPSA) is 13.0 Å². The van der Waals surface area contributed by atoms with Crippen molar-refractivity contribution in [3.05, 3.63) is 325 Å². The minimum absolute atomic E-state index is 0.0494. The quantitative estimate of drug-likeness (QED) is 0.0949. The lowest BCUT2D eigenvalue weighted by Crippen LogP contribution is -2.15. The Morgan fingerprint density at radius 2 is 0.363 bits per heavy atom. The monoisotopic (exact) mass is 1220 g/mol. The molecule has 0 bridgehead atoms. The standard InChI is InChI=1S/C78H57F9N4/c1-52-19-13-16-28-67(52)70-46-43-64(49-73(70)76(79,80)81)89(55-22-7-4-8-23-55)61-37-31-58(32-38-61)88(59-33-39-62(40-34-59)90(56-24-9-5-10-25-56)65-44-47-71(74(50-65)77(82,83)84)68-29-17-14-20-53(68)2)60-35-41-63(42-36-60)91(57-26-11-6-12-27-57)66-45-48-72(75(51-66)78(85,86)87)69-30-18-15-21-54(69)3/h4-51H,1-3H3. The van der Waals surface area contributed by atoms with E-state index in [9.17, 15) is 0 Å². The van der Waals surface area contributed by atoms with Gasteiger partial charge in [-0.15, -0.1) is 0 Å². The van der Waals surface area contributed by atoms with Crippen LogP contribution in [-0.4, -0.2) is 0 Å². The molecular weight excluding hydrogens is 1160 g/mol. The van der Waals surface area contributed by atoms with Crippen LogP contribution in [0.5, 0.6) is 0 Å². The predicted molar refractivity (Wildman–Crippen MR) is 351 cm³/mol. The second-order valence-corrected chi connectivity index (χ2v) is 22.0. The van der Waals surface area contributed by atoms with Crippen molar-refractivity contribution in [2.45, 2.75) is 39.3 Å². The largest absolute Gasteiger partial charge is 0.417 e. The average molecular weight is 1220 g/mol. The van der Waals surface area contributed by atoms with Crippen molar-refractivity contribution in [3.63, 3.8) is 0 Å². The molecule has 12 aromatic rings. The van der Waals surface area contributed by atoms with Crippen molar-refractivity contribution in [3.8, 4) is 33.4 Å². The SMILES string of the molecule is Cc1ccccc1-c1ccc(N(c2ccccc2)c2ccc(N(c3ccc(N(c4ccccc4)c4ccc(-c5ccccc5C)c(C(F)(F)F)c4)cc3)c3ccc(N(c4ccccc4)c4ccc(-c5ccccc5C)c(C(F)(F)F)c4)cc3)cc2)cc1C(F)(F)F. The number of hydrogen-bond donors (Lipinski definition) is 0. The van der Waals surface area contributed by atoms with Gasteiger partial charge >= 0.3 is 18.5 Å². The minimum atomic E-state index is -4.71. The third kappa shape index (κ3) is 12.6. The van der Waals surface area contributed by atoms with Gasteiger partial charge < -0.3 is 19.6 Å². The highest BCUT2D eigenvalue weighted by Crippen LogP contribution is 2.49. The van der Waals surface area contributed by atoms with Gasteiger partial charge in [-0.05, 0) is 216 Å². The molecule has 0 unspecified atom stereocenters. The van der Waals surface area contributed by atoms with E-state index < -0.39 is 35.2 Å². The van der Waals surface area contributed by atoms with E-state index in [4.69, 9.17) is 0 Å². The summed E-state index contributed by atoms with van der Waals surface area (Å²) in [5.41, 5.74) is 7.21. The summed E-state index contributed by atoms with van der Waals surface area (Å²) >= 11 is 0. The third-order valence-electron chi connectivity index (χ3n) is 16.1. The van der Waals surface area contributed by atoms with Gasteiger partial charge in [0, 0.05) is 68.2 Å². The van der Waals surface area contributed by atoms with Crippen LogP contribution in [0.4, 0.5) is 108 Å². The number of alkyl halides is 9. The van der Waals surface area contributed by atoms with E-state index in [0.29, 0.717) is 84.6 Å². The van der Waals surface area contributed by atoms with E-state index >= 15 is 39.5 Å². The lowest BCUT2D eigenvalue weighted by atomic mass is 9.95. The molecule has 0 radical (unpaired) electrons. The first-order valence-electron chi connectivity index (χ1n) is 29.3. The highest BCUT2D eigenvalue weighted by Gasteiger charge is 2.38. The molecule has 0 aliphatic rings. The Balaban J connectivity index is 0.987. The molecule has 91 heavy (non-hydrogen) atoms. The molecule has 0 aliphatic carbocycles. The molecule has 0 N–H and O–H groups in total. The van der Waals surface area contributed by atoms with Gasteiger partial charge in [-0.1, -0.05) is 146 Å². The van der Waals surface area contributed by atoms with Crippen molar-refractivity contribution in [1.82, 2.24) is 0 Å². The minimum Gasteiger partial charge on any atom is -0.310 e. The molecule has 0 aliphatic heterocycles. The Morgan fingerprint density at radius 1 is 0.187 bits per heavy atom. The molecule has 12 aromatic carbocycles. The third-order valence-corrected chi connectivity index (χ3v) is 16.1. The molecule has 13 heteroatoms. The fourth-order valence-electron chi connectivity index (χ4n) is 11.8. The second-order valence-electron chi connectivity index (χ2n) is 22.0. The zero-order chi connectivity index (χ0) is 63.6. The van der Waals surface area contributed by atoms with Crippen molar-refractivity contribution in [2.75, 3.05) is 19.6 Å². The summed E-state index contributed by atoms with van der Waals surface area (Å²) in [6.45, 7) is 5.33. The fraction of sp³-hybridized carbons (Fsp3) is 0.0769. The van der Waals surface area contributed by atoms with Crippen molar-refractivity contribution in [1.29, 1.82) is 0 Å². The first-order valence-corrected chi connectivity index (χ1v) is 29.3. The molecule has 0 atom stereocenters. The number of rotatable bonds is 15. The molecule has 0 amide bonds. The zero-order valence-electron chi connectivity index (χ0n) is 49.4. The van der Waals surface area contributed by atoms with Crippen LogP contribution < -0.4 is 19.6 Å². The first-order chi connectivity index (χ1) is 43.8. The van der Waals surface area contributed by atoms with Gasteiger partial charge in [-0.3, -0.25) is 0 Å².